The maximum Gasteiger partial charge on any atom is 0.133 e. The summed E-state index contributed by atoms with van der Waals surface area (Å²) in [5.41, 5.74) is 0. The van der Waals surface area contributed by atoms with Gasteiger partial charge in [-0.2, -0.15) is 0 Å². The third-order valence-corrected chi connectivity index (χ3v) is 3.49. The van der Waals surface area contributed by atoms with Crippen LogP contribution in [0.15, 0.2) is 10.7 Å². The first-order chi connectivity index (χ1) is 8.22. The summed E-state index contributed by atoms with van der Waals surface area (Å²) in [6.07, 6.45) is 4.80. The first kappa shape index (κ1) is 12.8. The van der Waals surface area contributed by atoms with E-state index in [2.05, 4.69) is 44.6 Å². The van der Waals surface area contributed by atoms with Crippen molar-refractivity contribution in [3.05, 3.63) is 16.5 Å². The van der Waals surface area contributed by atoms with E-state index in [-0.39, 0.29) is 0 Å². The Morgan fingerprint density at radius 3 is 2.71 bits per heavy atom. The largest absolute Gasteiger partial charge is 0.356 e. The summed E-state index contributed by atoms with van der Waals surface area (Å²) >= 11 is 3.48. The van der Waals surface area contributed by atoms with Crippen LogP contribution in [-0.2, 0) is 6.42 Å². The lowest BCUT2D eigenvalue weighted by Crippen LogP contribution is -2.26. The Morgan fingerprint density at radius 1 is 1.35 bits per heavy atom. The van der Waals surface area contributed by atoms with Gasteiger partial charge >= 0.3 is 0 Å². The molecule has 1 heterocycles. The van der Waals surface area contributed by atoms with E-state index in [1.54, 1.807) is 0 Å². The van der Waals surface area contributed by atoms with E-state index in [4.69, 9.17) is 0 Å². The highest BCUT2D eigenvalue weighted by atomic mass is 79.9. The molecule has 0 spiro atoms. The SMILES string of the molecule is CCCc1nc(Br)cc(N(CC)CC2CC2)n1. The highest BCUT2D eigenvalue weighted by Gasteiger charge is 2.24. The van der Waals surface area contributed by atoms with Crippen LogP contribution in [0, 0.1) is 5.92 Å². The molecule has 1 saturated carbocycles. The standard InChI is InChI=1S/C13H20BrN3/c1-3-5-12-15-11(14)8-13(16-12)17(4-2)9-10-6-7-10/h8,10H,3-7,9H2,1-2H3. The van der Waals surface area contributed by atoms with Crippen molar-refractivity contribution in [1.82, 2.24) is 9.97 Å². The Kier molecular flexibility index (Phi) is 4.37. The van der Waals surface area contributed by atoms with Crippen LogP contribution in [0.2, 0.25) is 0 Å². The fraction of sp³-hybridized carbons (Fsp3) is 0.692. The lowest BCUT2D eigenvalue weighted by molar-refractivity contribution is 0.720. The van der Waals surface area contributed by atoms with Crippen molar-refractivity contribution in [1.29, 1.82) is 0 Å². The molecule has 1 fully saturated rings. The molecule has 0 radical (unpaired) electrons. The van der Waals surface area contributed by atoms with Crippen molar-refractivity contribution >= 4 is 21.7 Å². The van der Waals surface area contributed by atoms with Gasteiger partial charge in [0, 0.05) is 25.6 Å². The minimum absolute atomic E-state index is 0.887. The third kappa shape index (κ3) is 3.66. The summed E-state index contributed by atoms with van der Waals surface area (Å²) in [4.78, 5) is 11.4. The van der Waals surface area contributed by atoms with Crippen LogP contribution < -0.4 is 4.90 Å². The normalized spacial score (nSPS) is 15.0. The summed E-state index contributed by atoms with van der Waals surface area (Å²) in [5.74, 6) is 2.91. The number of halogens is 1. The Balaban J connectivity index is 2.15. The zero-order valence-corrected chi connectivity index (χ0v) is 12.2. The molecule has 0 atom stereocenters. The van der Waals surface area contributed by atoms with Crippen LogP contribution >= 0.6 is 15.9 Å². The summed E-state index contributed by atoms with van der Waals surface area (Å²) in [6, 6.07) is 2.03. The molecule has 0 unspecified atom stereocenters. The van der Waals surface area contributed by atoms with Gasteiger partial charge in [-0.1, -0.05) is 6.92 Å². The molecule has 0 amide bonds. The van der Waals surface area contributed by atoms with Crippen LogP contribution in [-0.4, -0.2) is 23.1 Å². The van der Waals surface area contributed by atoms with E-state index in [0.29, 0.717) is 0 Å². The number of rotatable bonds is 6. The molecule has 4 heteroatoms. The Hall–Kier alpha value is -0.640. The van der Waals surface area contributed by atoms with Gasteiger partial charge in [-0.15, -0.1) is 0 Å². The zero-order valence-electron chi connectivity index (χ0n) is 10.6. The summed E-state index contributed by atoms with van der Waals surface area (Å²) < 4.78 is 0.903. The lowest BCUT2D eigenvalue weighted by atomic mass is 10.3. The molecule has 94 valence electrons. The first-order valence-corrected chi connectivity index (χ1v) is 7.30. The molecule has 0 aromatic carbocycles. The second kappa shape index (κ2) is 5.80. The van der Waals surface area contributed by atoms with Crippen LogP contribution in [0.3, 0.4) is 0 Å². The van der Waals surface area contributed by atoms with Crippen LogP contribution in [0.1, 0.15) is 38.9 Å². The van der Waals surface area contributed by atoms with Gasteiger partial charge in [-0.25, -0.2) is 9.97 Å². The fourth-order valence-corrected chi connectivity index (χ4v) is 2.36. The van der Waals surface area contributed by atoms with Crippen molar-refractivity contribution in [2.24, 2.45) is 5.92 Å². The number of hydrogen-bond acceptors (Lipinski definition) is 3. The van der Waals surface area contributed by atoms with E-state index in [0.717, 1.165) is 48.1 Å². The van der Waals surface area contributed by atoms with Crippen molar-refractivity contribution in [3.8, 4) is 0 Å². The molecule has 1 aliphatic carbocycles. The smallest absolute Gasteiger partial charge is 0.133 e. The number of hydrogen-bond donors (Lipinski definition) is 0. The third-order valence-electron chi connectivity index (χ3n) is 3.08. The maximum atomic E-state index is 4.66. The van der Waals surface area contributed by atoms with E-state index in [1.165, 1.54) is 12.8 Å². The van der Waals surface area contributed by atoms with Crippen molar-refractivity contribution < 1.29 is 0 Å². The van der Waals surface area contributed by atoms with E-state index >= 15 is 0 Å². The van der Waals surface area contributed by atoms with Crippen LogP contribution in [0.25, 0.3) is 0 Å². The zero-order chi connectivity index (χ0) is 12.3. The van der Waals surface area contributed by atoms with Crippen LogP contribution in [0.4, 0.5) is 5.82 Å². The second-order valence-electron chi connectivity index (χ2n) is 4.70. The summed E-state index contributed by atoms with van der Waals surface area (Å²) in [5, 5.41) is 0. The molecule has 1 aliphatic rings. The molecule has 2 rings (SSSR count). The Labute approximate surface area is 112 Å². The second-order valence-corrected chi connectivity index (χ2v) is 5.51. The van der Waals surface area contributed by atoms with Crippen molar-refractivity contribution in [2.45, 2.75) is 39.5 Å². The molecule has 0 N–H and O–H groups in total. The van der Waals surface area contributed by atoms with Gasteiger partial charge in [0.15, 0.2) is 0 Å². The molecule has 1 aromatic rings. The predicted molar refractivity (Wildman–Crippen MR) is 74.3 cm³/mol. The van der Waals surface area contributed by atoms with E-state index in [1.807, 2.05) is 6.07 Å². The minimum Gasteiger partial charge on any atom is -0.356 e. The average Bonchev–Trinajstić information content (AvgIpc) is 3.09. The van der Waals surface area contributed by atoms with Gasteiger partial charge in [-0.3, -0.25) is 0 Å². The van der Waals surface area contributed by atoms with E-state index in [9.17, 15) is 0 Å². The maximum absolute atomic E-state index is 4.66. The fourth-order valence-electron chi connectivity index (χ4n) is 1.95. The number of nitrogens with zero attached hydrogens (tertiary/aromatic N) is 3. The highest BCUT2D eigenvalue weighted by Crippen LogP contribution is 2.31. The Bertz CT molecular complexity index is 377. The molecule has 0 bridgehead atoms. The molecular formula is C13H20BrN3. The topological polar surface area (TPSA) is 29.0 Å². The van der Waals surface area contributed by atoms with Crippen molar-refractivity contribution in [2.75, 3.05) is 18.0 Å². The van der Waals surface area contributed by atoms with E-state index < -0.39 is 0 Å². The lowest BCUT2D eigenvalue weighted by Gasteiger charge is -2.22. The first-order valence-electron chi connectivity index (χ1n) is 6.51. The minimum atomic E-state index is 0.887. The summed E-state index contributed by atoms with van der Waals surface area (Å²) in [6.45, 7) is 6.51. The molecule has 17 heavy (non-hydrogen) atoms. The van der Waals surface area contributed by atoms with Gasteiger partial charge in [0.2, 0.25) is 0 Å². The number of aryl methyl sites for hydroxylation is 1. The quantitative estimate of drug-likeness (QED) is 0.753. The van der Waals surface area contributed by atoms with Crippen molar-refractivity contribution in [3.63, 3.8) is 0 Å². The van der Waals surface area contributed by atoms with Gasteiger partial charge in [0.25, 0.3) is 0 Å². The Morgan fingerprint density at radius 2 is 2.12 bits per heavy atom. The van der Waals surface area contributed by atoms with Gasteiger partial charge < -0.3 is 4.90 Å². The molecule has 3 nitrogen and oxygen atoms in total. The molecule has 1 aromatic heterocycles. The van der Waals surface area contributed by atoms with Gasteiger partial charge in [-0.05, 0) is 48.0 Å². The molecule has 0 aliphatic heterocycles. The van der Waals surface area contributed by atoms with Crippen LogP contribution in [0.5, 0.6) is 0 Å². The number of anilines is 1. The molecular weight excluding hydrogens is 278 g/mol. The van der Waals surface area contributed by atoms with Gasteiger partial charge in [0.1, 0.15) is 16.2 Å². The van der Waals surface area contributed by atoms with Gasteiger partial charge in [0.05, 0.1) is 0 Å². The summed E-state index contributed by atoms with van der Waals surface area (Å²) in [7, 11) is 0. The molecule has 0 saturated heterocycles. The number of aromatic nitrogens is 2. The average molecular weight is 298 g/mol. The predicted octanol–water partition coefficient (Wildman–Crippen LogP) is 3.43. The monoisotopic (exact) mass is 297 g/mol. The highest BCUT2D eigenvalue weighted by molar-refractivity contribution is 9.10.